The van der Waals surface area contributed by atoms with Gasteiger partial charge in [0.25, 0.3) is 0 Å². The number of amides is 1. The highest BCUT2D eigenvalue weighted by Crippen LogP contribution is 2.31. The molecule has 0 aliphatic carbocycles. The van der Waals surface area contributed by atoms with Gasteiger partial charge in [0.1, 0.15) is 0 Å². The maximum atomic E-state index is 12.5. The molecule has 1 heterocycles. The van der Waals surface area contributed by atoms with E-state index in [1.54, 1.807) is 6.07 Å². The Bertz CT molecular complexity index is 915. The lowest BCUT2D eigenvalue weighted by molar-refractivity contribution is -0.121. The monoisotopic (exact) mass is 404 g/mol. The van der Waals surface area contributed by atoms with Crippen LogP contribution in [0.3, 0.4) is 0 Å². The first-order valence-corrected chi connectivity index (χ1v) is 10.7. The molecule has 1 amide bonds. The molecule has 8 heteroatoms. The molecule has 0 saturated carbocycles. The van der Waals surface area contributed by atoms with E-state index in [4.69, 9.17) is 9.47 Å². The molecule has 1 aliphatic rings. The fourth-order valence-corrected chi connectivity index (χ4v) is 3.88. The summed E-state index contributed by atoms with van der Waals surface area (Å²) in [6.45, 7) is 2.90. The van der Waals surface area contributed by atoms with Gasteiger partial charge in [0.15, 0.2) is 11.5 Å². The fourth-order valence-electron chi connectivity index (χ4n) is 2.83. The van der Waals surface area contributed by atoms with E-state index in [9.17, 15) is 13.2 Å². The zero-order valence-electron chi connectivity index (χ0n) is 15.7. The second-order valence-corrected chi connectivity index (χ2v) is 8.27. The highest BCUT2D eigenvalue weighted by Gasteiger charge is 2.19. The topological polar surface area (TPSA) is 93.7 Å². The predicted molar refractivity (Wildman–Crippen MR) is 105 cm³/mol. The first-order valence-electron chi connectivity index (χ1n) is 9.19. The zero-order chi connectivity index (χ0) is 20.0. The second kappa shape index (κ2) is 9.07. The van der Waals surface area contributed by atoms with Crippen molar-refractivity contribution >= 4 is 15.9 Å². The summed E-state index contributed by atoms with van der Waals surface area (Å²) < 4.78 is 38.5. The van der Waals surface area contributed by atoms with Gasteiger partial charge in [-0.2, -0.15) is 0 Å². The van der Waals surface area contributed by atoms with Crippen molar-refractivity contribution in [1.29, 1.82) is 0 Å². The molecule has 28 heavy (non-hydrogen) atoms. The van der Waals surface area contributed by atoms with Crippen LogP contribution in [0.15, 0.2) is 53.4 Å². The molecule has 2 aromatic rings. The van der Waals surface area contributed by atoms with Crippen LogP contribution >= 0.6 is 0 Å². The lowest BCUT2D eigenvalue weighted by atomic mass is 10.1. The van der Waals surface area contributed by atoms with Gasteiger partial charge in [0, 0.05) is 25.5 Å². The number of carbonyl (C=O) groups excluding carboxylic acids is 1. The number of sulfonamides is 1. The zero-order valence-corrected chi connectivity index (χ0v) is 16.5. The third-order valence-electron chi connectivity index (χ3n) is 4.35. The summed E-state index contributed by atoms with van der Waals surface area (Å²) in [5.74, 6) is 0.721. The van der Waals surface area contributed by atoms with Gasteiger partial charge >= 0.3 is 0 Å². The molecule has 150 valence electrons. The Hall–Kier alpha value is -2.58. The average Bonchev–Trinajstić information content (AvgIpc) is 2.93. The summed E-state index contributed by atoms with van der Waals surface area (Å²) in [7, 11) is -3.75. The second-order valence-electron chi connectivity index (χ2n) is 6.51. The van der Waals surface area contributed by atoms with Crippen molar-refractivity contribution in [1.82, 2.24) is 10.0 Å². The van der Waals surface area contributed by atoms with E-state index in [2.05, 4.69) is 10.0 Å². The molecule has 2 N–H and O–H groups in total. The molecular weight excluding hydrogens is 380 g/mol. The minimum atomic E-state index is -3.75. The quantitative estimate of drug-likeness (QED) is 0.739. The number of hydrogen-bond donors (Lipinski definition) is 2. The van der Waals surface area contributed by atoms with Gasteiger partial charge in [-0.3, -0.25) is 4.79 Å². The molecule has 0 unspecified atom stereocenters. The molecule has 1 atom stereocenters. The van der Waals surface area contributed by atoms with Gasteiger partial charge < -0.3 is 14.8 Å². The molecule has 1 aliphatic heterocycles. The molecule has 0 saturated heterocycles. The Balaban J connectivity index is 1.53. The minimum absolute atomic E-state index is 0.00409. The molecule has 0 aromatic heterocycles. The lowest BCUT2D eigenvalue weighted by Gasteiger charge is -2.14. The van der Waals surface area contributed by atoms with E-state index in [1.807, 2.05) is 37.3 Å². The van der Waals surface area contributed by atoms with Gasteiger partial charge in [-0.25, -0.2) is 13.1 Å². The van der Waals surface area contributed by atoms with E-state index < -0.39 is 10.0 Å². The van der Waals surface area contributed by atoms with Crippen LogP contribution in [-0.2, 0) is 14.8 Å². The number of hydrogen-bond acceptors (Lipinski definition) is 5. The van der Waals surface area contributed by atoms with Crippen LogP contribution in [0.5, 0.6) is 11.5 Å². The predicted octanol–water partition coefficient (Wildman–Crippen LogP) is 2.39. The Labute approximate surface area is 165 Å². The third kappa shape index (κ3) is 5.24. The van der Waals surface area contributed by atoms with Crippen molar-refractivity contribution in [2.75, 3.05) is 19.8 Å². The van der Waals surface area contributed by atoms with Crippen molar-refractivity contribution in [3.05, 3.63) is 54.1 Å². The van der Waals surface area contributed by atoms with Crippen molar-refractivity contribution in [2.24, 2.45) is 0 Å². The number of nitrogens with one attached hydrogen (secondary N) is 2. The van der Waals surface area contributed by atoms with Gasteiger partial charge in [-0.1, -0.05) is 30.3 Å². The molecular formula is C20H24N2O5S. The van der Waals surface area contributed by atoms with Crippen LogP contribution in [0.1, 0.15) is 31.4 Å². The number of rotatable bonds is 7. The molecule has 2 aromatic carbocycles. The van der Waals surface area contributed by atoms with Gasteiger partial charge in [0.2, 0.25) is 15.9 Å². The number of benzene rings is 2. The van der Waals surface area contributed by atoms with Gasteiger partial charge in [-0.05, 0) is 24.6 Å². The Morgan fingerprint density at radius 3 is 2.54 bits per heavy atom. The molecule has 3 rings (SSSR count). The Kier molecular flexibility index (Phi) is 6.53. The van der Waals surface area contributed by atoms with Crippen molar-refractivity contribution in [2.45, 2.75) is 30.7 Å². The highest BCUT2D eigenvalue weighted by atomic mass is 32.2. The summed E-state index contributed by atoms with van der Waals surface area (Å²) in [4.78, 5) is 12.2. The van der Waals surface area contributed by atoms with Crippen LogP contribution < -0.4 is 19.5 Å². The molecule has 0 bridgehead atoms. The smallest absolute Gasteiger partial charge is 0.240 e. The first kappa shape index (κ1) is 20.2. The van der Waals surface area contributed by atoms with Crippen LogP contribution in [-0.4, -0.2) is 34.1 Å². The fraction of sp³-hybridized carbons (Fsp3) is 0.350. The molecule has 0 radical (unpaired) electrons. The average molecular weight is 404 g/mol. The van der Waals surface area contributed by atoms with E-state index >= 15 is 0 Å². The van der Waals surface area contributed by atoms with Crippen LogP contribution in [0, 0.1) is 0 Å². The first-order chi connectivity index (χ1) is 13.5. The van der Waals surface area contributed by atoms with Crippen LogP contribution in [0.25, 0.3) is 0 Å². The minimum Gasteiger partial charge on any atom is -0.490 e. The van der Waals surface area contributed by atoms with Crippen molar-refractivity contribution in [3.63, 3.8) is 0 Å². The van der Waals surface area contributed by atoms with E-state index in [0.29, 0.717) is 24.7 Å². The van der Waals surface area contributed by atoms with E-state index in [1.165, 1.54) is 12.1 Å². The Morgan fingerprint density at radius 2 is 1.79 bits per heavy atom. The van der Waals surface area contributed by atoms with Crippen LogP contribution in [0.4, 0.5) is 0 Å². The van der Waals surface area contributed by atoms with E-state index in [-0.39, 0.29) is 29.8 Å². The van der Waals surface area contributed by atoms with Crippen LogP contribution in [0.2, 0.25) is 0 Å². The largest absolute Gasteiger partial charge is 0.490 e. The summed E-state index contributed by atoms with van der Waals surface area (Å²) in [6.07, 6.45) is 0.784. The number of ether oxygens (including phenoxy) is 2. The normalized spacial score (nSPS) is 14.8. The highest BCUT2D eigenvalue weighted by molar-refractivity contribution is 7.89. The molecule has 7 nitrogen and oxygen atoms in total. The summed E-state index contributed by atoms with van der Waals surface area (Å²) >= 11 is 0. The summed E-state index contributed by atoms with van der Waals surface area (Å²) in [5, 5.41) is 2.86. The SMILES string of the molecule is C[C@@H](NC(=O)CCNS(=O)(=O)c1ccc2c(c1)OCCCO2)c1ccccc1. The number of fused-ring (bicyclic) bond motifs is 1. The van der Waals surface area contributed by atoms with Gasteiger partial charge in [-0.15, -0.1) is 0 Å². The van der Waals surface area contributed by atoms with E-state index in [0.717, 1.165) is 12.0 Å². The maximum absolute atomic E-state index is 12.5. The molecule has 0 fully saturated rings. The number of carbonyl (C=O) groups is 1. The Morgan fingerprint density at radius 1 is 1.07 bits per heavy atom. The maximum Gasteiger partial charge on any atom is 0.240 e. The van der Waals surface area contributed by atoms with Crippen molar-refractivity contribution in [3.8, 4) is 11.5 Å². The molecule has 0 spiro atoms. The van der Waals surface area contributed by atoms with Gasteiger partial charge in [0.05, 0.1) is 24.2 Å². The summed E-state index contributed by atoms with van der Waals surface area (Å²) in [5.41, 5.74) is 0.989. The summed E-state index contributed by atoms with van der Waals surface area (Å²) in [6, 6.07) is 13.9. The van der Waals surface area contributed by atoms with Crippen molar-refractivity contribution < 1.29 is 22.7 Å². The lowest BCUT2D eigenvalue weighted by Crippen LogP contribution is -2.32. The third-order valence-corrected chi connectivity index (χ3v) is 5.81. The standard InChI is InChI=1S/C20H24N2O5S/c1-15(16-6-3-2-4-7-16)22-20(23)10-11-21-28(24,25)17-8-9-18-19(14-17)27-13-5-12-26-18/h2-4,6-9,14-15,21H,5,10-13H2,1H3,(H,22,23)/t15-/m1/s1.